The summed E-state index contributed by atoms with van der Waals surface area (Å²) in [5, 5.41) is 0. The summed E-state index contributed by atoms with van der Waals surface area (Å²) in [4.78, 5) is 14.9. The van der Waals surface area contributed by atoms with Gasteiger partial charge < -0.3 is 4.74 Å². The quantitative estimate of drug-likeness (QED) is 0.549. The molecule has 0 bridgehead atoms. The van der Waals surface area contributed by atoms with Crippen LogP contribution in [0.3, 0.4) is 0 Å². The molecule has 125 valence electrons. The number of H-pyrrole nitrogens is 1. The average molecular weight is 375 g/mol. The van der Waals surface area contributed by atoms with Gasteiger partial charge in [-0.1, -0.05) is 18.2 Å². The van der Waals surface area contributed by atoms with Crippen LogP contribution in [0, 0.1) is 4.77 Å². The predicted molar refractivity (Wildman–Crippen MR) is 91.6 cm³/mol. The third-order valence-electron chi connectivity index (χ3n) is 3.58. The summed E-state index contributed by atoms with van der Waals surface area (Å²) in [6.07, 6.45) is -3.34. The molecule has 9 heteroatoms. The molecule has 1 aromatic carbocycles. The molecule has 0 saturated carbocycles. The fraction of sp³-hybridized carbons (Fsp3) is 0.125. The van der Waals surface area contributed by atoms with Crippen molar-refractivity contribution >= 4 is 47.3 Å². The second-order valence-corrected chi connectivity index (χ2v) is 5.39. The Balaban J connectivity index is 0.00000225. The SMILES string of the molecule is COc1ccccc1-c1c(=O)[nH]c(=S)n2ccc(C(F)(F)F)cc12.[Na]. The largest absolute Gasteiger partial charge is 0.496 e. The third-order valence-corrected chi connectivity index (χ3v) is 3.88. The van der Waals surface area contributed by atoms with Crippen LogP contribution in [-0.4, -0.2) is 46.1 Å². The monoisotopic (exact) mass is 375 g/mol. The standard InChI is InChI=1S/C16H11F3N2O2S.Na/c1-23-12-5-3-2-4-10(12)13-11-8-9(16(17,18)19)6-7-21(11)15(24)20-14(13)22;/h2-8H,1H3,(H,20,22,24);. The summed E-state index contributed by atoms with van der Waals surface area (Å²) in [7, 11) is 1.42. The van der Waals surface area contributed by atoms with Crippen LogP contribution in [-0.2, 0) is 6.18 Å². The van der Waals surface area contributed by atoms with Crippen LogP contribution in [0.4, 0.5) is 13.2 Å². The minimum atomic E-state index is -4.53. The predicted octanol–water partition coefficient (Wildman–Crippen LogP) is 3.67. The van der Waals surface area contributed by atoms with Gasteiger partial charge in [0, 0.05) is 41.3 Å². The Morgan fingerprint density at radius 1 is 1.20 bits per heavy atom. The number of fused-ring (bicyclic) bond motifs is 1. The number of hydrogen-bond donors (Lipinski definition) is 1. The minimum Gasteiger partial charge on any atom is -0.496 e. The first-order valence-electron chi connectivity index (χ1n) is 6.82. The van der Waals surface area contributed by atoms with Gasteiger partial charge in [0.25, 0.3) is 5.56 Å². The van der Waals surface area contributed by atoms with E-state index in [1.807, 2.05) is 0 Å². The minimum absolute atomic E-state index is 0. The van der Waals surface area contributed by atoms with Crippen molar-refractivity contribution in [2.24, 2.45) is 0 Å². The second kappa shape index (κ2) is 7.33. The molecule has 4 nitrogen and oxygen atoms in total. The van der Waals surface area contributed by atoms with E-state index in [0.717, 1.165) is 12.1 Å². The maximum Gasteiger partial charge on any atom is 0.416 e. The Bertz CT molecular complexity index is 1040. The maximum atomic E-state index is 13.1. The van der Waals surface area contributed by atoms with Gasteiger partial charge in [-0.3, -0.25) is 14.2 Å². The van der Waals surface area contributed by atoms with Crippen molar-refractivity contribution in [2.45, 2.75) is 6.18 Å². The number of halogens is 3. The van der Waals surface area contributed by atoms with E-state index in [0.29, 0.717) is 11.3 Å². The summed E-state index contributed by atoms with van der Waals surface area (Å²) in [5.74, 6) is 0.374. The van der Waals surface area contributed by atoms with Crippen molar-refractivity contribution < 1.29 is 17.9 Å². The molecule has 3 rings (SSSR count). The van der Waals surface area contributed by atoms with Crippen LogP contribution in [0.1, 0.15) is 5.56 Å². The van der Waals surface area contributed by atoms with Crippen molar-refractivity contribution in [2.75, 3.05) is 7.11 Å². The van der Waals surface area contributed by atoms with Crippen LogP contribution < -0.4 is 10.3 Å². The van der Waals surface area contributed by atoms with Gasteiger partial charge in [-0.25, -0.2) is 0 Å². The van der Waals surface area contributed by atoms with Crippen LogP contribution >= 0.6 is 12.2 Å². The molecular formula is C16H11F3N2NaO2S. The number of alkyl halides is 3. The summed E-state index contributed by atoms with van der Waals surface area (Å²) < 4.78 is 45.7. The molecule has 1 N–H and O–H groups in total. The van der Waals surface area contributed by atoms with Crippen molar-refractivity contribution in [1.29, 1.82) is 0 Å². The maximum absolute atomic E-state index is 13.1. The Labute approximate surface area is 167 Å². The number of nitrogens with one attached hydrogen (secondary N) is 1. The molecule has 25 heavy (non-hydrogen) atoms. The zero-order chi connectivity index (χ0) is 17.5. The smallest absolute Gasteiger partial charge is 0.416 e. The number of rotatable bonds is 2. The number of pyridine rings is 1. The van der Waals surface area contributed by atoms with E-state index < -0.39 is 17.3 Å². The molecule has 1 radical (unpaired) electrons. The van der Waals surface area contributed by atoms with E-state index in [1.165, 1.54) is 17.7 Å². The molecule has 0 aliphatic rings. The number of methoxy groups -OCH3 is 1. The third kappa shape index (κ3) is 3.67. The van der Waals surface area contributed by atoms with Gasteiger partial charge in [0.1, 0.15) is 5.75 Å². The molecule has 2 heterocycles. The summed E-state index contributed by atoms with van der Waals surface area (Å²) in [6, 6.07) is 8.42. The summed E-state index contributed by atoms with van der Waals surface area (Å²) >= 11 is 5.04. The topological polar surface area (TPSA) is 46.5 Å². The van der Waals surface area contributed by atoms with E-state index in [-0.39, 0.29) is 45.4 Å². The van der Waals surface area contributed by atoms with Gasteiger partial charge in [-0.05, 0) is 30.4 Å². The zero-order valence-electron chi connectivity index (χ0n) is 13.3. The molecule has 0 atom stereocenters. The van der Waals surface area contributed by atoms with E-state index in [2.05, 4.69) is 4.98 Å². The fourth-order valence-corrected chi connectivity index (χ4v) is 2.75. The normalized spacial score (nSPS) is 11.2. The number of nitrogens with zero attached hydrogens (tertiary/aromatic N) is 1. The van der Waals surface area contributed by atoms with E-state index in [9.17, 15) is 18.0 Å². The molecule has 2 aromatic heterocycles. The number of para-hydroxylation sites is 1. The Hall–Kier alpha value is -1.61. The second-order valence-electron chi connectivity index (χ2n) is 5.00. The molecular weight excluding hydrogens is 364 g/mol. The van der Waals surface area contributed by atoms with Gasteiger partial charge in [-0.2, -0.15) is 13.2 Å². The van der Waals surface area contributed by atoms with Crippen LogP contribution in [0.2, 0.25) is 0 Å². The number of ether oxygens (including phenoxy) is 1. The fourth-order valence-electron chi connectivity index (χ4n) is 2.49. The van der Waals surface area contributed by atoms with Crippen molar-refractivity contribution in [3.05, 3.63) is 63.3 Å². The molecule has 0 saturated heterocycles. The Kier molecular flexibility index (Phi) is 5.78. The van der Waals surface area contributed by atoms with Crippen molar-refractivity contribution in [3.8, 4) is 16.9 Å². The van der Waals surface area contributed by atoms with E-state index >= 15 is 0 Å². The number of hydrogen-bond acceptors (Lipinski definition) is 3. The van der Waals surface area contributed by atoms with Crippen LogP contribution in [0.5, 0.6) is 5.75 Å². The molecule has 0 unspecified atom stereocenters. The zero-order valence-corrected chi connectivity index (χ0v) is 16.2. The molecule has 0 spiro atoms. The number of aromatic amines is 1. The van der Waals surface area contributed by atoms with Gasteiger partial charge in [0.05, 0.1) is 23.8 Å². The van der Waals surface area contributed by atoms with E-state index in [1.54, 1.807) is 24.3 Å². The van der Waals surface area contributed by atoms with Crippen LogP contribution in [0.25, 0.3) is 16.6 Å². The molecule has 0 aliphatic carbocycles. The molecule has 3 aromatic rings. The van der Waals surface area contributed by atoms with E-state index in [4.69, 9.17) is 17.0 Å². The van der Waals surface area contributed by atoms with Crippen molar-refractivity contribution in [1.82, 2.24) is 9.38 Å². The Morgan fingerprint density at radius 3 is 2.52 bits per heavy atom. The first kappa shape index (κ1) is 19.7. The van der Waals surface area contributed by atoms with Crippen LogP contribution in [0.15, 0.2) is 47.4 Å². The van der Waals surface area contributed by atoms with Gasteiger partial charge in [-0.15, -0.1) is 0 Å². The average Bonchev–Trinajstić information content (AvgIpc) is 2.54. The summed E-state index contributed by atoms with van der Waals surface area (Å²) in [5.41, 5.74) is -0.939. The Morgan fingerprint density at radius 2 is 1.88 bits per heavy atom. The van der Waals surface area contributed by atoms with Crippen molar-refractivity contribution in [3.63, 3.8) is 0 Å². The van der Waals surface area contributed by atoms with Gasteiger partial charge in [0.2, 0.25) is 0 Å². The number of aromatic nitrogens is 2. The first-order chi connectivity index (χ1) is 11.3. The first-order valence-corrected chi connectivity index (χ1v) is 7.23. The molecule has 0 aliphatic heterocycles. The van der Waals surface area contributed by atoms with Gasteiger partial charge in [0.15, 0.2) is 4.77 Å². The molecule has 0 amide bonds. The number of benzene rings is 1. The van der Waals surface area contributed by atoms with Gasteiger partial charge >= 0.3 is 6.18 Å². The summed E-state index contributed by atoms with van der Waals surface area (Å²) in [6.45, 7) is 0. The molecule has 0 fully saturated rings.